The molecule has 2 aromatic carbocycles. The van der Waals surface area contributed by atoms with Crippen LogP contribution in [0.15, 0.2) is 51.7 Å². The second kappa shape index (κ2) is 4.91. The Kier molecular flexibility index (Phi) is 2.87. The molecular formula is C16H10FN3O3. The minimum Gasteiger partial charge on any atom is -0.497 e. The summed E-state index contributed by atoms with van der Waals surface area (Å²) in [6.07, 6.45) is 0. The van der Waals surface area contributed by atoms with E-state index in [-0.39, 0.29) is 17.0 Å². The molecule has 114 valence electrons. The number of aromatic nitrogens is 3. The quantitative estimate of drug-likeness (QED) is 0.569. The summed E-state index contributed by atoms with van der Waals surface area (Å²) in [4.78, 5) is 16.4. The first-order valence-electron chi connectivity index (χ1n) is 6.80. The van der Waals surface area contributed by atoms with E-state index in [0.717, 1.165) is 4.52 Å². The smallest absolute Gasteiger partial charge is 0.442 e. The van der Waals surface area contributed by atoms with Gasteiger partial charge in [-0.2, -0.15) is 0 Å². The molecular weight excluding hydrogens is 301 g/mol. The summed E-state index contributed by atoms with van der Waals surface area (Å²) in [7, 11) is 1.53. The Bertz CT molecular complexity index is 1100. The monoisotopic (exact) mass is 311 g/mol. The van der Waals surface area contributed by atoms with Gasteiger partial charge in [0.15, 0.2) is 11.5 Å². The Labute approximate surface area is 128 Å². The SMILES string of the molecule is COc1ccc2oc(=O)n3nc(-c4ccccc4F)nc3c2c1. The summed E-state index contributed by atoms with van der Waals surface area (Å²) in [5.74, 6) is -0.447. The Hall–Kier alpha value is -3.22. The molecule has 0 aliphatic heterocycles. The van der Waals surface area contributed by atoms with Crippen LogP contribution >= 0.6 is 0 Å². The summed E-state index contributed by atoms with van der Waals surface area (Å²) >= 11 is 0. The molecule has 23 heavy (non-hydrogen) atoms. The molecule has 0 unspecified atom stereocenters. The third-order valence-electron chi connectivity index (χ3n) is 3.52. The van der Waals surface area contributed by atoms with Crippen molar-refractivity contribution in [1.82, 2.24) is 14.6 Å². The number of hydrogen-bond acceptors (Lipinski definition) is 5. The molecule has 0 amide bonds. The maximum atomic E-state index is 13.9. The number of halogens is 1. The van der Waals surface area contributed by atoms with Crippen LogP contribution < -0.4 is 10.5 Å². The van der Waals surface area contributed by atoms with Crippen LogP contribution in [0.3, 0.4) is 0 Å². The molecule has 6 nitrogen and oxygen atoms in total. The molecule has 2 aromatic heterocycles. The largest absolute Gasteiger partial charge is 0.497 e. The van der Waals surface area contributed by atoms with Gasteiger partial charge in [0.25, 0.3) is 0 Å². The summed E-state index contributed by atoms with van der Waals surface area (Å²) < 4.78 is 25.3. The summed E-state index contributed by atoms with van der Waals surface area (Å²) in [5.41, 5.74) is 0.857. The van der Waals surface area contributed by atoms with Crippen molar-refractivity contribution < 1.29 is 13.5 Å². The number of hydrogen-bond donors (Lipinski definition) is 0. The number of methoxy groups -OCH3 is 1. The van der Waals surface area contributed by atoms with E-state index >= 15 is 0 Å². The lowest BCUT2D eigenvalue weighted by Crippen LogP contribution is -2.12. The van der Waals surface area contributed by atoms with Gasteiger partial charge in [-0.15, -0.1) is 9.61 Å². The predicted molar refractivity (Wildman–Crippen MR) is 81.0 cm³/mol. The van der Waals surface area contributed by atoms with Crippen LogP contribution in [0.4, 0.5) is 4.39 Å². The minimum absolute atomic E-state index is 0.116. The topological polar surface area (TPSA) is 69.6 Å². The first kappa shape index (κ1) is 13.4. The standard InChI is InChI=1S/C16H10FN3O3/c1-22-9-6-7-13-11(8-9)15-18-14(19-20(15)16(21)23-13)10-4-2-3-5-12(10)17/h2-8H,1H3. The Morgan fingerprint density at radius 1 is 1.22 bits per heavy atom. The van der Waals surface area contributed by atoms with E-state index in [1.807, 2.05) is 0 Å². The van der Waals surface area contributed by atoms with Crippen molar-refractivity contribution >= 4 is 16.6 Å². The third kappa shape index (κ3) is 2.05. The molecule has 0 saturated carbocycles. The second-order valence-electron chi connectivity index (χ2n) is 4.88. The highest BCUT2D eigenvalue weighted by Gasteiger charge is 2.16. The maximum absolute atomic E-state index is 13.9. The van der Waals surface area contributed by atoms with Crippen molar-refractivity contribution in [2.24, 2.45) is 0 Å². The molecule has 0 bridgehead atoms. The van der Waals surface area contributed by atoms with E-state index < -0.39 is 11.6 Å². The zero-order valence-electron chi connectivity index (χ0n) is 12.0. The molecule has 0 aliphatic carbocycles. The third-order valence-corrected chi connectivity index (χ3v) is 3.52. The Morgan fingerprint density at radius 3 is 2.83 bits per heavy atom. The first-order chi connectivity index (χ1) is 11.2. The molecule has 0 spiro atoms. The van der Waals surface area contributed by atoms with Crippen molar-refractivity contribution in [2.45, 2.75) is 0 Å². The normalized spacial score (nSPS) is 11.2. The Balaban J connectivity index is 2.08. The van der Waals surface area contributed by atoms with Gasteiger partial charge in [-0.3, -0.25) is 0 Å². The van der Waals surface area contributed by atoms with Crippen LogP contribution in [0, 0.1) is 5.82 Å². The summed E-state index contributed by atoms with van der Waals surface area (Å²) in [6, 6.07) is 11.1. The van der Waals surface area contributed by atoms with E-state index in [2.05, 4.69) is 10.1 Å². The zero-order valence-corrected chi connectivity index (χ0v) is 12.0. The van der Waals surface area contributed by atoms with E-state index in [4.69, 9.17) is 9.15 Å². The predicted octanol–water partition coefficient (Wildman–Crippen LogP) is 2.65. The highest BCUT2D eigenvalue weighted by molar-refractivity contribution is 5.91. The Morgan fingerprint density at radius 2 is 2.04 bits per heavy atom. The maximum Gasteiger partial charge on any atom is 0.442 e. The summed E-state index contributed by atoms with van der Waals surface area (Å²) in [5, 5.41) is 4.62. The van der Waals surface area contributed by atoms with Gasteiger partial charge in [0, 0.05) is 0 Å². The molecule has 0 fully saturated rings. The van der Waals surface area contributed by atoms with Gasteiger partial charge in [0.2, 0.25) is 0 Å². The van der Waals surface area contributed by atoms with Gasteiger partial charge in [-0.05, 0) is 30.3 Å². The van der Waals surface area contributed by atoms with E-state index in [9.17, 15) is 9.18 Å². The highest BCUT2D eigenvalue weighted by Crippen LogP contribution is 2.25. The number of benzene rings is 2. The van der Waals surface area contributed by atoms with Crippen LogP contribution in [-0.2, 0) is 0 Å². The molecule has 4 rings (SSSR count). The lowest BCUT2D eigenvalue weighted by molar-refractivity contribution is 0.415. The number of nitrogens with zero attached hydrogens (tertiary/aromatic N) is 3. The van der Waals surface area contributed by atoms with Crippen molar-refractivity contribution in [2.75, 3.05) is 7.11 Å². The number of fused-ring (bicyclic) bond motifs is 3. The molecule has 2 heterocycles. The second-order valence-corrected chi connectivity index (χ2v) is 4.88. The van der Waals surface area contributed by atoms with Gasteiger partial charge in [0.05, 0.1) is 18.1 Å². The zero-order chi connectivity index (χ0) is 16.0. The van der Waals surface area contributed by atoms with Crippen molar-refractivity contribution in [3.8, 4) is 17.1 Å². The van der Waals surface area contributed by atoms with Crippen LogP contribution in [0.25, 0.3) is 28.0 Å². The first-order valence-corrected chi connectivity index (χ1v) is 6.80. The fourth-order valence-electron chi connectivity index (χ4n) is 2.41. The lowest BCUT2D eigenvalue weighted by atomic mass is 10.2. The summed E-state index contributed by atoms with van der Waals surface area (Å²) in [6.45, 7) is 0. The van der Waals surface area contributed by atoms with Crippen LogP contribution in [0.1, 0.15) is 0 Å². The van der Waals surface area contributed by atoms with Crippen molar-refractivity contribution in [3.05, 3.63) is 58.8 Å². The van der Waals surface area contributed by atoms with Gasteiger partial charge in [-0.25, -0.2) is 14.2 Å². The fraction of sp³-hybridized carbons (Fsp3) is 0.0625. The van der Waals surface area contributed by atoms with Crippen LogP contribution in [0.2, 0.25) is 0 Å². The molecule has 4 aromatic rings. The van der Waals surface area contributed by atoms with Crippen LogP contribution in [-0.4, -0.2) is 21.7 Å². The average Bonchev–Trinajstić information content (AvgIpc) is 3.01. The lowest BCUT2D eigenvalue weighted by Gasteiger charge is -2.01. The average molecular weight is 311 g/mol. The van der Waals surface area contributed by atoms with Gasteiger partial charge < -0.3 is 9.15 Å². The van der Waals surface area contributed by atoms with Gasteiger partial charge in [0.1, 0.15) is 17.1 Å². The number of rotatable bonds is 2. The van der Waals surface area contributed by atoms with Crippen molar-refractivity contribution in [1.29, 1.82) is 0 Å². The minimum atomic E-state index is -0.687. The fourth-order valence-corrected chi connectivity index (χ4v) is 2.41. The molecule has 7 heteroatoms. The van der Waals surface area contributed by atoms with Crippen LogP contribution in [0.5, 0.6) is 5.75 Å². The number of ether oxygens (including phenoxy) is 1. The van der Waals surface area contributed by atoms with Crippen molar-refractivity contribution in [3.63, 3.8) is 0 Å². The molecule has 0 saturated heterocycles. The van der Waals surface area contributed by atoms with Gasteiger partial charge >= 0.3 is 5.76 Å². The molecule has 0 atom stereocenters. The molecule has 0 radical (unpaired) electrons. The van der Waals surface area contributed by atoms with Gasteiger partial charge in [-0.1, -0.05) is 12.1 Å². The molecule has 0 aliphatic rings. The molecule has 0 N–H and O–H groups in total. The van der Waals surface area contributed by atoms with E-state index in [1.165, 1.54) is 13.2 Å². The highest BCUT2D eigenvalue weighted by atomic mass is 19.1. The van der Waals surface area contributed by atoms with E-state index in [1.54, 1.807) is 36.4 Å². The van der Waals surface area contributed by atoms with E-state index in [0.29, 0.717) is 16.7 Å².